The molecule has 1 aromatic carbocycles. The SMILES string of the molecule is Cc1ccc(N)c(Nc2cc(F)c(C)cc2F)n1. The Bertz CT molecular complexity index is 597. The predicted octanol–water partition coefficient (Wildman–Crippen LogP) is 3.30. The second kappa shape index (κ2) is 4.60. The molecule has 0 aliphatic carbocycles. The first-order valence-corrected chi connectivity index (χ1v) is 5.43. The highest BCUT2D eigenvalue weighted by molar-refractivity contribution is 5.69. The maximum absolute atomic E-state index is 13.7. The molecule has 0 amide bonds. The van der Waals surface area contributed by atoms with Gasteiger partial charge in [0.25, 0.3) is 0 Å². The molecule has 5 heteroatoms. The maximum atomic E-state index is 13.7. The van der Waals surface area contributed by atoms with Crippen LogP contribution in [0.5, 0.6) is 0 Å². The van der Waals surface area contributed by atoms with E-state index < -0.39 is 11.6 Å². The summed E-state index contributed by atoms with van der Waals surface area (Å²) in [5, 5.41) is 2.70. The van der Waals surface area contributed by atoms with E-state index in [2.05, 4.69) is 10.3 Å². The van der Waals surface area contributed by atoms with Crippen LogP contribution in [0.3, 0.4) is 0 Å². The van der Waals surface area contributed by atoms with E-state index in [1.165, 1.54) is 6.92 Å². The molecule has 0 bridgehead atoms. The first-order chi connectivity index (χ1) is 8.47. The molecule has 0 radical (unpaired) electrons. The van der Waals surface area contributed by atoms with Gasteiger partial charge in [0.1, 0.15) is 11.6 Å². The van der Waals surface area contributed by atoms with Crippen LogP contribution in [0.25, 0.3) is 0 Å². The summed E-state index contributed by atoms with van der Waals surface area (Å²) < 4.78 is 27.0. The summed E-state index contributed by atoms with van der Waals surface area (Å²) in [6, 6.07) is 5.62. The number of benzene rings is 1. The monoisotopic (exact) mass is 249 g/mol. The molecule has 3 N–H and O–H groups in total. The average molecular weight is 249 g/mol. The van der Waals surface area contributed by atoms with Crippen molar-refractivity contribution in [1.82, 2.24) is 4.98 Å². The van der Waals surface area contributed by atoms with Crippen LogP contribution in [-0.4, -0.2) is 4.98 Å². The van der Waals surface area contributed by atoms with Crippen LogP contribution in [0.2, 0.25) is 0 Å². The highest BCUT2D eigenvalue weighted by Gasteiger charge is 2.09. The maximum Gasteiger partial charge on any atom is 0.153 e. The van der Waals surface area contributed by atoms with E-state index in [1.54, 1.807) is 19.1 Å². The van der Waals surface area contributed by atoms with Crippen LogP contribution >= 0.6 is 0 Å². The van der Waals surface area contributed by atoms with Gasteiger partial charge in [-0.2, -0.15) is 0 Å². The van der Waals surface area contributed by atoms with E-state index in [1.807, 2.05) is 0 Å². The van der Waals surface area contributed by atoms with Crippen molar-refractivity contribution in [3.63, 3.8) is 0 Å². The molecule has 0 atom stereocenters. The van der Waals surface area contributed by atoms with Crippen LogP contribution in [0.1, 0.15) is 11.3 Å². The number of aryl methyl sites for hydroxylation is 2. The van der Waals surface area contributed by atoms with Crippen LogP contribution < -0.4 is 11.1 Å². The summed E-state index contributed by atoms with van der Waals surface area (Å²) in [5.41, 5.74) is 7.10. The minimum Gasteiger partial charge on any atom is -0.396 e. The fourth-order valence-corrected chi connectivity index (χ4v) is 1.54. The second-order valence-corrected chi connectivity index (χ2v) is 4.10. The average Bonchev–Trinajstić information content (AvgIpc) is 2.30. The summed E-state index contributed by atoms with van der Waals surface area (Å²) in [6.07, 6.45) is 0. The van der Waals surface area contributed by atoms with Crippen molar-refractivity contribution in [2.24, 2.45) is 0 Å². The lowest BCUT2D eigenvalue weighted by atomic mass is 10.2. The van der Waals surface area contributed by atoms with Gasteiger partial charge in [0.15, 0.2) is 5.82 Å². The Balaban J connectivity index is 2.40. The number of hydrogen-bond donors (Lipinski definition) is 2. The first-order valence-electron chi connectivity index (χ1n) is 5.43. The summed E-state index contributed by atoms with van der Waals surface area (Å²) in [5.74, 6) is -0.709. The van der Waals surface area contributed by atoms with Crippen molar-refractivity contribution in [2.45, 2.75) is 13.8 Å². The van der Waals surface area contributed by atoms with Crippen LogP contribution in [0, 0.1) is 25.5 Å². The highest BCUT2D eigenvalue weighted by Crippen LogP contribution is 2.25. The molecule has 94 valence electrons. The van der Waals surface area contributed by atoms with E-state index in [0.29, 0.717) is 11.5 Å². The number of anilines is 3. The van der Waals surface area contributed by atoms with Gasteiger partial charge in [0.05, 0.1) is 11.4 Å². The molecule has 2 aromatic rings. The number of rotatable bonds is 2. The lowest BCUT2D eigenvalue weighted by Gasteiger charge is -2.10. The van der Waals surface area contributed by atoms with E-state index in [-0.39, 0.29) is 11.3 Å². The third-order valence-corrected chi connectivity index (χ3v) is 2.57. The van der Waals surface area contributed by atoms with Gasteiger partial charge in [-0.25, -0.2) is 13.8 Å². The fourth-order valence-electron chi connectivity index (χ4n) is 1.54. The van der Waals surface area contributed by atoms with Crippen molar-refractivity contribution in [3.8, 4) is 0 Å². The van der Waals surface area contributed by atoms with Crippen LogP contribution in [0.15, 0.2) is 24.3 Å². The van der Waals surface area contributed by atoms with E-state index in [0.717, 1.165) is 17.8 Å². The minimum absolute atomic E-state index is 0.0166. The van der Waals surface area contributed by atoms with Gasteiger partial charge in [-0.15, -0.1) is 0 Å². The molecule has 1 heterocycles. The molecule has 0 aliphatic heterocycles. The largest absolute Gasteiger partial charge is 0.396 e. The Kier molecular flexibility index (Phi) is 3.14. The van der Waals surface area contributed by atoms with Crippen molar-refractivity contribution in [3.05, 3.63) is 47.2 Å². The van der Waals surface area contributed by atoms with Gasteiger partial charge in [0.2, 0.25) is 0 Å². The molecular formula is C13H13F2N3. The number of halogens is 2. The summed E-state index contributed by atoms with van der Waals surface area (Å²) in [6.45, 7) is 3.29. The van der Waals surface area contributed by atoms with Gasteiger partial charge < -0.3 is 11.1 Å². The lowest BCUT2D eigenvalue weighted by Crippen LogP contribution is -2.02. The van der Waals surface area contributed by atoms with Crippen molar-refractivity contribution in [2.75, 3.05) is 11.1 Å². The standard InChI is InChI=1S/C13H13F2N3/c1-7-5-10(15)12(6-9(7)14)18-13-11(16)4-3-8(2)17-13/h3-6H,16H2,1-2H3,(H,17,18). The predicted molar refractivity (Wildman–Crippen MR) is 67.8 cm³/mol. The van der Waals surface area contributed by atoms with Gasteiger partial charge in [-0.1, -0.05) is 0 Å². The first kappa shape index (κ1) is 12.3. The highest BCUT2D eigenvalue weighted by atomic mass is 19.1. The third kappa shape index (κ3) is 2.40. The summed E-state index contributed by atoms with van der Waals surface area (Å²) in [4.78, 5) is 4.14. The number of nitrogen functional groups attached to an aromatic ring is 1. The quantitative estimate of drug-likeness (QED) is 0.858. The number of pyridine rings is 1. The zero-order valence-corrected chi connectivity index (χ0v) is 10.1. The van der Waals surface area contributed by atoms with Crippen LogP contribution in [0.4, 0.5) is 26.0 Å². The zero-order valence-electron chi connectivity index (χ0n) is 10.1. The van der Waals surface area contributed by atoms with Crippen LogP contribution in [-0.2, 0) is 0 Å². The van der Waals surface area contributed by atoms with E-state index >= 15 is 0 Å². The molecular weight excluding hydrogens is 236 g/mol. The van der Waals surface area contributed by atoms with Gasteiger partial charge in [0, 0.05) is 11.8 Å². The summed E-state index contributed by atoms with van der Waals surface area (Å²) >= 11 is 0. The molecule has 2 rings (SSSR count). The molecule has 0 fully saturated rings. The Morgan fingerprint density at radius 3 is 2.56 bits per heavy atom. The van der Waals surface area contributed by atoms with Gasteiger partial charge >= 0.3 is 0 Å². The topological polar surface area (TPSA) is 50.9 Å². The zero-order chi connectivity index (χ0) is 13.3. The molecule has 0 saturated heterocycles. The summed E-state index contributed by atoms with van der Waals surface area (Å²) in [7, 11) is 0. The van der Waals surface area contributed by atoms with Crippen molar-refractivity contribution in [1.29, 1.82) is 0 Å². The minimum atomic E-state index is -0.545. The van der Waals surface area contributed by atoms with E-state index in [4.69, 9.17) is 5.73 Å². The molecule has 0 spiro atoms. The second-order valence-electron chi connectivity index (χ2n) is 4.10. The molecule has 1 aromatic heterocycles. The smallest absolute Gasteiger partial charge is 0.153 e. The van der Waals surface area contributed by atoms with Gasteiger partial charge in [-0.05, 0) is 37.6 Å². The fraction of sp³-hybridized carbons (Fsp3) is 0.154. The number of nitrogens with one attached hydrogen (secondary N) is 1. The molecule has 18 heavy (non-hydrogen) atoms. The number of aromatic nitrogens is 1. The number of nitrogens with zero attached hydrogens (tertiary/aromatic N) is 1. The van der Waals surface area contributed by atoms with E-state index in [9.17, 15) is 8.78 Å². The Labute approximate surface area is 104 Å². The molecule has 3 nitrogen and oxygen atoms in total. The van der Waals surface area contributed by atoms with Crippen molar-refractivity contribution >= 4 is 17.2 Å². The molecule has 0 aliphatic rings. The van der Waals surface area contributed by atoms with Gasteiger partial charge in [-0.3, -0.25) is 0 Å². The number of nitrogens with two attached hydrogens (primary N) is 1. The Morgan fingerprint density at radius 2 is 1.83 bits per heavy atom. The lowest BCUT2D eigenvalue weighted by molar-refractivity contribution is 0.595. The normalized spacial score (nSPS) is 10.4. The molecule has 0 saturated carbocycles. The van der Waals surface area contributed by atoms with Crippen molar-refractivity contribution < 1.29 is 8.78 Å². The Hall–Kier alpha value is -2.17. The Morgan fingerprint density at radius 1 is 1.11 bits per heavy atom. The number of hydrogen-bond acceptors (Lipinski definition) is 3. The molecule has 0 unspecified atom stereocenters. The third-order valence-electron chi connectivity index (χ3n) is 2.57.